The lowest BCUT2D eigenvalue weighted by Gasteiger charge is -2.06. The quantitative estimate of drug-likeness (QED) is 0.752. The van der Waals surface area contributed by atoms with Crippen molar-refractivity contribution >= 4 is 16.7 Å². The fourth-order valence-corrected chi connectivity index (χ4v) is 2.84. The van der Waals surface area contributed by atoms with Crippen LogP contribution in [0.4, 0.5) is 5.82 Å². The summed E-state index contributed by atoms with van der Waals surface area (Å²) in [5.41, 5.74) is 3.85. The Morgan fingerprint density at radius 3 is 3.05 bits per heavy atom. The minimum Gasteiger partial charge on any atom is -0.370 e. The van der Waals surface area contributed by atoms with Crippen molar-refractivity contribution in [1.82, 2.24) is 15.0 Å². The van der Waals surface area contributed by atoms with E-state index >= 15 is 0 Å². The molecule has 0 unspecified atom stereocenters. The summed E-state index contributed by atoms with van der Waals surface area (Å²) in [6, 6.07) is 8.51. The monoisotopic (exact) mass is 292 g/mol. The molecule has 0 atom stereocenters. The van der Waals surface area contributed by atoms with Crippen LogP contribution in [-0.4, -0.2) is 21.5 Å². The molecule has 1 aliphatic carbocycles. The van der Waals surface area contributed by atoms with Crippen LogP contribution in [-0.2, 0) is 6.42 Å². The molecule has 0 bridgehead atoms. The molecule has 1 fully saturated rings. The van der Waals surface area contributed by atoms with Crippen molar-refractivity contribution in [3.05, 3.63) is 53.6 Å². The summed E-state index contributed by atoms with van der Waals surface area (Å²) in [7, 11) is 0. The average Bonchev–Trinajstić information content (AvgIpc) is 3.30. The minimum absolute atomic E-state index is 0.596. The first-order chi connectivity index (χ1) is 10.8. The zero-order valence-corrected chi connectivity index (χ0v) is 12.8. The molecule has 0 saturated heterocycles. The molecule has 4 rings (SSSR count). The molecule has 2 aromatic heterocycles. The van der Waals surface area contributed by atoms with E-state index in [1.165, 1.54) is 34.9 Å². The fraction of sp³-hybridized carbons (Fsp3) is 0.333. The van der Waals surface area contributed by atoms with Crippen LogP contribution >= 0.6 is 0 Å². The topological polar surface area (TPSA) is 53.6 Å². The van der Waals surface area contributed by atoms with Crippen LogP contribution in [0.1, 0.15) is 35.7 Å². The third-order valence-electron chi connectivity index (χ3n) is 4.24. The largest absolute Gasteiger partial charge is 0.370 e. The van der Waals surface area contributed by atoms with Gasteiger partial charge in [-0.3, -0.25) is 0 Å². The first-order valence-corrected chi connectivity index (χ1v) is 7.93. The Morgan fingerprint density at radius 1 is 1.27 bits per heavy atom. The van der Waals surface area contributed by atoms with Gasteiger partial charge >= 0.3 is 0 Å². The van der Waals surface area contributed by atoms with E-state index in [2.05, 4.69) is 51.6 Å². The number of aromatic nitrogens is 3. The van der Waals surface area contributed by atoms with Gasteiger partial charge in [0.25, 0.3) is 0 Å². The molecule has 0 spiro atoms. The van der Waals surface area contributed by atoms with Gasteiger partial charge in [0, 0.05) is 35.8 Å². The van der Waals surface area contributed by atoms with Gasteiger partial charge in [-0.25, -0.2) is 9.97 Å². The molecule has 4 nitrogen and oxygen atoms in total. The van der Waals surface area contributed by atoms with E-state index in [1.54, 1.807) is 0 Å². The average molecular weight is 292 g/mol. The molecule has 0 aliphatic heterocycles. The second kappa shape index (κ2) is 5.44. The van der Waals surface area contributed by atoms with Crippen molar-refractivity contribution in [3.63, 3.8) is 0 Å². The number of hydrogen-bond acceptors (Lipinski definition) is 3. The van der Waals surface area contributed by atoms with Gasteiger partial charge in [-0.15, -0.1) is 0 Å². The molecule has 112 valence electrons. The molecule has 3 aromatic rings. The van der Waals surface area contributed by atoms with E-state index in [0.29, 0.717) is 5.92 Å². The molecule has 4 heteroatoms. The van der Waals surface area contributed by atoms with Gasteiger partial charge in [0.2, 0.25) is 0 Å². The highest BCUT2D eigenvalue weighted by Crippen LogP contribution is 2.38. The Labute approximate surface area is 130 Å². The van der Waals surface area contributed by atoms with Gasteiger partial charge in [0.1, 0.15) is 11.6 Å². The first-order valence-electron chi connectivity index (χ1n) is 7.93. The summed E-state index contributed by atoms with van der Waals surface area (Å²) in [4.78, 5) is 12.3. The molecular weight excluding hydrogens is 272 g/mol. The number of anilines is 1. The van der Waals surface area contributed by atoms with Gasteiger partial charge in [0.05, 0.1) is 0 Å². The zero-order valence-electron chi connectivity index (χ0n) is 12.8. The number of rotatable bonds is 5. The zero-order chi connectivity index (χ0) is 14.9. The summed E-state index contributed by atoms with van der Waals surface area (Å²) in [5, 5.41) is 4.73. The van der Waals surface area contributed by atoms with Gasteiger partial charge in [-0.2, -0.15) is 0 Å². The third kappa shape index (κ3) is 2.69. The summed E-state index contributed by atoms with van der Waals surface area (Å²) < 4.78 is 0. The van der Waals surface area contributed by atoms with Crippen molar-refractivity contribution in [2.75, 3.05) is 11.9 Å². The van der Waals surface area contributed by atoms with Gasteiger partial charge in [-0.1, -0.05) is 12.1 Å². The Balaban J connectivity index is 1.42. The van der Waals surface area contributed by atoms with Crippen LogP contribution in [0.2, 0.25) is 0 Å². The Morgan fingerprint density at radius 2 is 2.18 bits per heavy atom. The maximum Gasteiger partial charge on any atom is 0.133 e. The summed E-state index contributed by atoms with van der Waals surface area (Å²) in [5.74, 6) is 2.53. The van der Waals surface area contributed by atoms with Crippen LogP contribution in [0.25, 0.3) is 10.9 Å². The predicted molar refractivity (Wildman–Crippen MR) is 89.2 cm³/mol. The van der Waals surface area contributed by atoms with Crippen LogP contribution in [0.5, 0.6) is 0 Å². The van der Waals surface area contributed by atoms with E-state index in [-0.39, 0.29) is 0 Å². The Hall–Kier alpha value is -2.36. The molecule has 22 heavy (non-hydrogen) atoms. The van der Waals surface area contributed by atoms with Crippen LogP contribution < -0.4 is 5.32 Å². The van der Waals surface area contributed by atoms with E-state index in [4.69, 9.17) is 0 Å². The van der Waals surface area contributed by atoms with Crippen molar-refractivity contribution in [1.29, 1.82) is 0 Å². The fourth-order valence-electron chi connectivity index (χ4n) is 2.84. The maximum absolute atomic E-state index is 4.60. The smallest absolute Gasteiger partial charge is 0.133 e. The van der Waals surface area contributed by atoms with E-state index < -0.39 is 0 Å². The minimum atomic E-state index is 0.596. The van der Waals surface area contributed by atoms with Crippen molar-refractivity contribution in [2.45, 2.75) is 32.1 Å². The highest BCUT2D eigenvalue weighted by atomic mass is 15.0. The molecule has 2 heterocycles. The van der Waals surface area contributed by atoms with Crippen LogP contribution in [0, 0.1) is 6.92 Å². The van der Waals surface area contributed by atoms with Crippen molar-refractivity contribution in [3.8, 4) is 0 Å². The van der Waals surface area contributed by atoms with Gasteiger partial charge < -0.3 is 10.3 Å². The number of aryl methyl sites for hydroxylation is 1. The molecule has 0 radical (unpaired) electrons. The highest BCUT2D eigenvalue weighted by molar-refractivity contribution is 5.83. The highest BCUT2D eigenvalue weighted by Gasteiger charge is 2.26. The Bertz CT molecular complexity index is 802. The molecule has 2 N–H and O–H groups in total. The lowest BCUT2D eigenvalue weighted by molar-refractivity contribution is 0.915. The van der Waals surface area contributed by atoms with Gasteiger partial charge in [-0.05, 0) is 49.4 Å². The maximum atomic E-state index is 4.60. The summed E-state index contributed by atoms with van der Waals surface area (Å²) >= 11 is 0. The molecular formula is C18H20N4. The number of hydrogen-bond donors (Lipinski definition) is 2. The Kier molecular flexibility index (Phi) is 3.29. The number of aromatic amines is 1. The number of benzene rings is 1. The predicted octanol–water partition coefficient (Wildman–Crippen LogP) is 3.80. The second-order valence-electron chi connectivity index (χ2n) is 6.11. The van der Waals surface area contributed by atoms with Crippen molar-refractivity contribution in [2.24, 2.45) is 0 Å². The summed E-state index contributed by atoms with van der Waals surface area (Å²) in [6.07, 6.45) is 7.42. The second-order valence-corrected chi connectivity index (χ2v) is 6.11. The third-order valence-corrected chi connectivity index (χ3v) is 4.24. The van der Waals surface area contributed by atoms with E-state index in [1.807, 2.05) is 12.3 Å². The van der Waals surface area contributed by atoms with E-state index in [9.17, 15) is 0 Å². The standard InChI is InChI=1S/C18H20N4/c1-12-2-5-15-14(11-21-16(15)10-12)6-8-19-17-7-9-20-18(22-17)13-3-4-13/h2,5,7,9-11,13,21H,3-4,6,8H2,1H3,(H,19,20,22). The number of fused-ring (bicyclic) bond motifs is 1. The van der Waals surface area contributed by atoms with Crippen molar-refractivity contribution < 1.29 is 0 Å². The lowest BCUT2D eigenvalue weighted by atomic mass is 10.1. The molecule has 1 aliphatic rings. The molecule has 1 aromatic carbocycles. The first kappa shape index (κ1) is 13.3. The van der Waals surface area contributed by atoms with E-state index in [0.717, 1.165) is 24.6 Å². The number of H-pyrrole nitrogens is 1. The molecule has 0 amide bonds. The van der Waals surface area contributed by atoms with Crippen LogP contribution in [0.3, 0.4) is 0 Å². The summed E-state index contributed by atoms with van der Waals surface area (Å²) in [6.45, 7) is 3.00. The lowest BCUT2D eigenvalue weighted by Crippen LogP contribution is -2.07. The normalized spacial score (nSPS) is 14.4. The molecule has 1 saturated carbocycles. The van der Waals surface area contributed by atoms with Crippen LogP contribution in [0.15, 0.2) is 36.7 Å². The van der Waals surface area contributed by atoms with Gasteiger partial charge in [0.15, 0.2) is 0 Å². The number of nitrogens with zero attached hydrogens (tertiary/aromatic N) is 2. The number of nitrogens with one attached hydrogen (secondary N) is 2. The SMILES string of the molecule is Cc1ccc2c(CCNc3ccnc(C4CC4)n3)c[nH]c2c1.